The molecule has 0 aliphatic heterocycles. The lowest BCUT2D eigenvalue weighted by molar-refractivity contribution is 0.151. The van der Waals surface area contributed by atoms with E-state index in [0.29, 0.717) is 5.56 Å². The lowest BCUT2D eigenvalue weighted by Crippen LogP contribution is -1.91. The van der Waals surface area contributed by atoms with Gasteiger partial charge in [0, 0.05) is 5.56 Å². The minimum atomic E-state index is -2.46. The number of aryl methyl sites for hydroxylation is 1. The molecule has 0 atom stereocenters. The Morgan fingerprint density at radius 2 is 2.15 bits per heavy atom. The van der Waals surface area contributed by atoms with E-state index in [-0.39, 0.29) is 12.0 Å². The minimum absolute atomic E-state index is 0.0177. The van der Waals surface area contributed by atoms with E-state index >= 15 is 0 Å². The molecular formula is C10H9F2N. The molecule has 0 saturated carbocycles. The quantitative estimate of drug-likeness (QED) is 0.688. The van der Waals surface area contributed by atoms with Crippen molar-refractivity contribution in [2.75, 3.05) is 0 Å². The summed E-state index contributed by atoms with van der Waals surface area (Å²) in [5.74, 6) is 0. The van der Waals surface area contributed by atoms with Crippen LogP contribution < -0.4 is 0 Å². The van der Waals surface area contributed by atoms with Crippen LogP contribution in [0.3, 0.4) is 0 Å². The van der Waals surface area contributed by atoms with Gasteiger partial charge in [-0.15, -0.1) is 0 Å². The van der Waals surface area contributed by atoms with Crippen molar-refractivity contribution in [1.29, 1.82) is 5.26 Å². The molecule has 0 bridgehead atoms. The lowest BCUT2D eigenvalue weighted by atomic mass is 10.0. The maximum atomic E-state index is 12.2. The standard InChI is InChI=1S/C10H9F2N/c1-7-2-3-9(10(11)12)6-8(7)4-5-13/h2-3,6,10H,4H2,1H3. The second-order valence-corrected chi connectivity index (χ2v) is 2.82. The van der Waals surface area contributed by atoms with Crippen LogP contribution in [0.5, 0.6) is 0 Å². The van der Waals surface area contributed by atoms with E-state index < -0.39 is 6.43 Å². The van der Waals surface area contributed by atoms with Crippen molar-refractivity contribution in [1.82, 2.24) is 0 Å². The summed E-state index contributed by atoms with van der Waals surface area (Å²) in [5.41, 5.74) is 1.54. The van der Waals surface area contributed by atoms with Crippen molar-refractivity contribution < 1.29 is 8.78 Å². The number of hydrogen-bond acceptors (Lipinski definition) is 1. The van der Waals surface area contributed by atoms with Crippen LogP contribution in [0.15, 0.2) is 18.2 Å². The van der Waals surface area contributed by atoms with Gasteiger partial charge < -0.3 is 0 Å². The number of rotatable bonds is 2. The first-order chi connectivity index (χ1) is 6.15. The van der Waals surface area contributed by atoms with Gasteiger partial charge in [0.05, 0.1) is 12.5 Å². The molecule has 0 aliphatic rings. The molecule has 1 nitrogen and oxygen atoms in total. The molecule has 0 spiro atoms. The van der Waals surface area contributed by atoms with Crippen molar-refractivity contribution in [2.24, 2.45) is 0 Å². The van der Waals surface area contributed by atoms with E-state index in [1.165, 1.54) is 12.1 Å². The first kappa shape index (κ1) is 9.66. The lowest BCUT2D eigenvalue weighted by Gasteiger charge is -2.04. The predicted octanol–water partition coefficient (Wildman–Crippen LogP) is 3.00. The molecule has 3 heteroatoms. The van der Waals surface area contributed by atoms with Crippen molar-refractivity contribution in [3.05, 3.63) is 34.9 Å². The van der Waals surface area contributed by atoms with Crippen LogP contribution in [0.4, 0.5) is 8.78 Å². The molecule has 0 heterocycles. The third-order valence-corrected chi connectivity index (χ3v) is 1.89. The van der Waals surface area contributed by atoms with Gasteiger partial charge in [0.1, 0.15) is 0 Å². The molecule has 1 aromatic carbocycles. The summed E-state index contributed by atoms with van der Waals surface area (Å²) in [5, 5.41) is 8.44. The summed E-state index contributed by atoms with van der Waals surface area (Å²) >= 11 is 0. The second-order valence-electron chi connectivity index (χ2n) is 2.82. The Balaban J connectivity index is 3.05. The van der Waals surface area contributed by atoms with Crippen molar-refractivity contribution in [2.45, 2.75) is 19.8 Å². The average Bonchev–Trinajstić information content (AvgIpc) is 2.08. The Labute approximate surface area is 75.6 Å². The summed E-state index contributed by atoms with van der Waals surface area (Å²) in [7, 11) is 0. The SMILES string of the molecule is Cc1ccc(C(F)F)cc1CC#N. The smallest absolute Gasteiger partial charge is 0.205 e. The van der Waals surface area contributed by atoms with Crippen LogP contribution in [0, 0.1) is 18.3 Å². The zero-order valence-corrected chi connectivity index (χ0v) is 7.22. The number of benzene rings is 1. The molecule has 13 heavy (non-hydrogen) atoms. The maximum Gasteiger partial charge on any atom is 0.263 e. The Hall–Kier alpha value is -1.43. The first-order valence-corrected chi connectivity index (χ1v) is 3.89. The van der Waals surface area contributed by atoms with Gasteiger partial charge in [-0.2, -0.15) is 5.26 Å². The summed E-state index contributed by atoms with van der Waals surface area (Å²) < 4.78 is 24.5. The fourth-order valence-electron chi connectivity index (χ4n) is 1.10. The molecule has 0 aromatic heterocycles. The van der Waals surface area contributed by atoms with E-state index in [0.717, 1.165) is 5.56 Å². The van der Waals surface area contributed by atoms with Crippen LogP contribution in [0.25, 0.3) is 0 Å². The number of nitriles is 1. The number of halogens is 2. The van der Waals surface area contributed by atoms with Crippen LogP contribution in [0.2, 0.25) is 0 Å². The zero-order chi connectivity index (χ0) is 9.84. The maximum absolute atomic E-state index is 12.2. The fraction of sp³-hybridized carbons (Fsp3) is 0.300. The van der Waals surface area contributed by atoms with Gasteiger partial charge in [-0.25, -0.2) is 8.78 Å². The van der Waals surface area contributed by atoms with E-state index in [9.17, 15) is 8.78 Å². The molecule has 0 aliphatic carbocycles. The minimum Gasteiger partial charge on any atom is -0.205 e. The van der Waals surface area contributed by atoms with Gasteiger partial charge in [-0.3, -0.25) is 0 Å². The highest BCUT2D eigenvalue weighted by atomic mass is 19.3. The number of alkyl halides is 2. The number of nitrogens with zero attached hydrogens (tertiary/aromatic N) is 1. The third-order valence-electron chi connectivity index (χ3n) is 1.89. The summed E-state index contributed by atoms with van der Waals surface area (Å²) in [6, 6.07) is 6.35. The summed E-state index contributed by atoms with van der Waals surface area (Å²) in [6.45, 7) is 1.81. The van der Waals surface area contributed by atoms with Gasteiger partial charge in [0.25, 0.3) is 6.43 Å². The van der Waals surface area contributed by atoms with Crippen molar-refractivity contribution >= 4 is 0 Å². The molecule has 0 amide bonds. The monoisotopic (exact) mass is 181 g/mol. The van der Waals surface area contributed by atoms with Crippen LogP contribution in [-0.2, 0) is 6.42 Å². The van der Waals surface area contributed by atoms with Gasteiger partial charge in [-0.1, -0.05) is 12.1 Å². The van der Waals surface area contributed by atoms with Gasteiger partial charge >= 0.3 is 0 Å². The average molecular weight is 181 g/mol. The van der Waals surface area contributed by atoms with Gasteiger partial charge in [0.2, 0.25) is 0 Å². The highest BCUT2D eigenvalue weighted by Gasteiger charge is 2.08. The van der Waals surface area contributed by atoms with E-state index in [1.54, 1.807) is 6.07 Å². The van der Waals surface area contributed by atoms with E-state index in [4.69, 9.17) is 5.26 Å². The summed E-state index contributed by atoms with van der Waals surface area (Å²) in [4.78, 5) is 0. The molecule has 0 N–H and O–H groups in total. The Morgan fingerprint density at radius 3 is 2.69 bits per heavy atom. The highest BCUT2D eigenvalue weighted by Crippen LogP contribution is 2.21. The highest BCUT2D eigenvalue weighted by molar-refractivity contribution is 5.33. The third kappa shape index (κ3) is 2.25. The summed E-state index contributed by atoms with van der Waals surface area (Å²) in [6.07, 6.45) is -2.27. The molecule has 0 unspecified atom stereocenters. The normalized spacial score (nSPS) is 10.1. The predicted molar refractivity (Wildman–Crippen MR) is 45.5 cm³/mol. The van der Waals surface area contributed by atoms with Crippen LogP contribution in [-0.4, -0.2) is 0 Å². The van der Waals surface area contributed by atoms with Crippen LogP contribution >= 0.6 is 0 Å². The Bertz CT molecular complexity index is 339. The molecular weight excluding hydrogens is 172 g/mol. The second kappa shape index (κ2) is 3.99. The molecule has 0 saturated heterocycles. The molecule has 0 radical (unpaired) electrons. The van der Waals surface area contributed by atoms with Crippen molar-refractivity contribution in [3.63, 3.8) is 0 Å². The number of hydrogen-bond donors (Lipinski definition) is 0. The fourth-order valence-corrected chi connectivity index (χ4v) is 1.10. The van der Waals surface area contributed by atoms with Crippen molar-refractivity contribution in [3.8, 4) is 6.07 Å². The van der Waals surface area contributed by atoms with Gasteiger partial charge in [-0.05, 0) is 24.1 Å². The van der Waals surface area contributed by atoms with Crippen LogP contribution in [0.1, 0.15) is 23.1 Å². The zero-order valence-electron chi connectivity index (χ0n) is 7.22. The van der Waals surface area contributed by atoms with E-state index in [2.05, 4.69) is 0 Å². The molecule has 0 fully saturated rings. The van der Waals surface area contributed by atoms with Gasteiger partial charge in [0.15, 0.2) is 0 Å². The topological polar surface area (TPSA) is 23.8 Å². The molecule has 1 rings (SSSR count). The Morgan fingerprint density at radius 1 is 1.46 bits per heavy atom. The molecule has 68 valence electrons. The Kier molecular flexibility index (Phi) is 2.97. The van der Waals surface area contributed by atoms with E-state index in [1.807, 2.05) is 13.0 Å². The largest absolute Gasteiger partial charge is 0.263 e. The molecule has 1 aromatic rings. The first-order valence-electron chi connectivity index (χ1n) is 3.89.